The topological polar surface area (TPSA) is 40.5 Å². The third-order valence-electron chi connectivity index (χ3n) is 3.74. The van der Waals surface area contributed by atoms with Crippen molar-refractivity contribution in [2.45, 2.75) is 32.6 Å². The van der Waals surface area contributed by atoms with E-state index in [9.17, 15) is 10.2 Å². The summed E-state index contributed by atoms with van der Waals surface area (Å²) in [4.78, 5) is 0. The molecule has 0 aliphatic rings. The maximum absolute atomic E-state index is 9.32. The molecule has 2 N–H and O–H groups in total. The predicted molar refractivity (Wildman–Crippen MR) is 82.1 cm³/mol. The molecule has 0 aromatic heterocycles. The van der Waals surface area contributed by atoms with Crippen LogP contribution in [0.1, 0.15) is 37.3 Å². The average Bonchev–Trinajstić information content (AvgIpc) is 2.42. The molecule has 0 fully saturated rings. The van der Waals surface area contributed by atoms with Crippen molar-refractivity contribution in [3.63, 3.8) is 0 Å². The van der Waals surface area contributed by atoms with Gasteiger partial charge in [-0.05, 0) is 60.1 Å². The van der Waals surface area contributed by atoms with Gasteiger partial charge in [-0.15, -0.1) is 0 Å². The summed E-state index contributed by atoms with van der Waals surface area (Å²) in [5.41, 5.74) is 2.52. The number of hydrogen-bond donors (Lipinski definition) is 2. The van der Waals surface area contributed by atoms with Gasteiger partial charge in [-0.3, -0.25) is 0 Å². The molecule has 2 rings (SSSR count). The molecule has 20 heavy (non-hydrogen) atoms. The van der Waals surface area contributed by atoms with Gasteiger partial charge < -0.3 is 10.2 Å². The standard InChI is InChI=1S/C18H22O2/c1-13(12-15-3-7-17(19)8-4-15)11-14(2)16-5-9-18(20)10-6-16/h3-10,13-14,19-20H,11-12H2,1-2H3. The molecule has 2 heteroatoms. The van der Waals surface area contributed by atoms with Gasteiger partial charge in [0.15, 0.2) is 0 Å². The summed E-state index contributed by atoms with van der Waals surface area (Å²) in [5, 5.41) is 18.6. The Bertz CT molecular complexity index is 528. The molecular formula is C18H22O2. The fourth-order valence-corrected chi connectivity index (χ4v) is 2.66. The largest absolute Gasteiger partial charge is 0.508 e. The van der Waals surface area contributed by atoms with E-state index in [2.05, 4.69) is 13.8 Å². The van der Waals surface area contributed by atoms with Gasteiger partial charge in [0.25, 0.3) is 0 Å². The van der Waals surface area contributed by atoms with E-state index in [0.717, 1.165) is 12.8 Å². The zero-order valence-electron chi connectivity index (χ0n) is 12.1. The second kappa shape index (κ2) is 6.47. The molecule has 2 atom stereocenters. The van der Waals surface area contributed by atoms with E-state index < -0.39 is 0 Å². The van der Waals surface area contributed by atoms with Gasteiger partial charge >= 0.3 is 0 Å². The highest BCUT2D eigenvalue weighted by molar-refractivity contribution is 5.28. The van der Waals surface area contributed by atoms with Crippen molar-refractivity contribution in [1.29, 1.82) is 0 Å². The summed E-state index contributed by atoms with van der Waals surface area (Å²) in [6.45, 7) is 4.48. The number of phenolic OH excluding ortho intramolecular Hbond substituents is 2. The highest BCUT2D eigenvalue weighted by Crippen LogP contribution is 2.26. The molecular weight excluding hydrogens is 248 g/mol. The number of hydrogen-bond acceptors (Lipinski definition) is 2. The Labute approximate surface area is 120 Å². The quantitative estimate of drug-likeness (QED) is 0.841. The van der Waals surface area contributed by atoms with Crippen LogP contribution in [0.2, 0.25) is 0 Å². The Morgan fingerprint density at radius 3 is 1.85 bits per heavy atom. The second-order valence-electron chi connectivity index (χ2n) is 5.70. The van der Waals surface area contributed by atoms with E-state index >= 15 is 0 Å². The van der Waals surface area contributed by atoms with Crippen LogP contribution in [0.25, 0.3) is 0 Å². The molecule has 0 saturated heterocycles. The van der Waals surface area contributed by atoms with Crippen molar-refractivity contribution in [3.8, 4) is 11.5 Å². The molecule has 2 aromatic carbocycles. The maximum atomic E-state index is 9.32. The molecule has 0 radical (unpaired) electrons. The Balaban J connectivity index is 1.92. The van der Waals surface area contributed by atoms with Crippen LogP contribution >= 0.6 is 0 Å². The zero-order valence-corrected chi connectivity index (χ0v) is 12.1. The first kappa shape index (κ1) is 14.4. The minimum absolute atomic E-state index is 0.318. The normalized spacial score (nSPS) is 13.9. The summed E-state index contributed by atoms with van der Waals surface area (Å²) in [6, 6.07) is 14.9. The summed E-state index contributed by atoms with van der Waals surface area (Å²) in [6.07, 6.45) is 2.12. The van der Waals surface area contributed by atoms with E-state index in [-0.39, 0.29) is 0 Å². The summed E-state index contributed by atoms with van der Waals surface area (Å²) in [7, 11) is 0. The minimum atomic E-state index is 0.318. The van der Waals surface area contributed by atoms with E-state index in [1.165, 1.54) is 11.1 Å². The Morgan fingerprint density at radius 2 is 1.30 bits per heavy atom. The summed E-state index contributed by atoms with van der Waals surface area (Å²) in [5.74, 6) is 1.68. The minimum Gasteiger partial charge on any atom is -0.508 e. The third kappa shape index (κ3) is 4.02. The van der Waals surface area contributed by atoms with Crippen molar-refractivity contribution in [2.24, 2.45) is 5.92 Å². The van der Waals surface area contributed by atoms with E-state index in [0.29, 0.717) is 23.3 Å². The highest BCUT2D eigenvalue weighted by atomic mass is 16.3. The van der Waals surface area contributed by atoms with E-state index in [1.807, 2.05) is 24.3 Å². The molecule has 0 bridgehead atoms. The molecule has 0 spiro atoms. The SMILES string of the molecule is CC(Cc1ccc(O)cc1)CC(C)c1ccc(O)cc1. The van der Waals surface area contributed by atoms with Crippen LogP contribution < -0.4 is 0 Å². The molecule has 0 heterocycles. The van der Waals surface area contributed by atoms with E-state index in [4.69, 9.17) is 0 Å². The van der Waals surface area contributed by atoms with Gasteiger partial charge in [-0.25, -0.2) is 0 Å². The molecule has 0 aliphatic carbocycles. The molecule has 2 unspecified atom stereocenters. The molecule has 0 saturated carbocycles. The maximum Gasteiger partial charge on any atom is 0.115 e. The Hall–Kier alpha value is -1.96. The van der Waals surface area contributed by atoms with Crippen molar-refractivity contribution < 1.29 is 10.2 Å². The number of rotatable bonds is 5. The van der Waals surface area contributed by atoms with Gasteiger partial charge in [0.2, 0.25) is 0 Å². The van der Waals surface area contributed by atoms with Crippen LogP contribution in [0.5, 0.6) is 11.5 Å². The lowest BCUT2D eigenvalue weighted by Gasteiger charge is -2.18. The van der Waals surface area contributed by atoms with Gasteiger partial charge in [-0.2, -0.15) is 0 Å². The number of benzene rings is 2. The predicted octanol–water partition coefficient (Wildman–Crippen LogP) is 4.47. The first-order valence-corrected chi connectivity index (χ1v) is 7.11. The third-order valence-corrected chi connectivity index (χ3v) is 3.74. The van der Waals surface area contributed by atoms with Crippen LogP contribution in [-0.2, 0) is 6.42 Å². The smallest absolute Gasteiger partial charge is 0.115 e. The van der Waals surface area contributed by atoms with Crippen LogP contribution in [0, 0.1) is 5.92 Å². The van der Waals surface area contributed by atoms with Crippen molar-refractivity contribution in [2.75, 3.05) is 0 Å². The lowest BCUT2D eigenvalue weighted by atomic mass is 9.88. The summed E-state index contributed by atoms with van der Waals surface area (Å²) >= 11 is 0. The average molecular weight is 270 g/mol. The van der Waals surface area contributed by atoms with Crippen molar-refractivity contribution in [1.82, 2.24) is 0 Å². The number of aromatic hydroxyl groups is 2. The lowest BCUT2D eigenvalue weighted by Crippen LogP contribution is -2.05. The van der Waals surface area contributed by atoms with Crippen molar-refractivity contribution >= 4 is 0 Å². The van der Waals surface area contributed by atoms with Crippen molar-refractivity contribution in [3.05, 3.63) is 59.7 Å². The van der Waals surface area contributed by atoms with Crippen LogP contribution in [0.3, 0.4) is 0 Å². The van der Waals surface area contributed by atoms with Crippen LogP contribution in [0.15, 0.2) is 48.5 Å². The van der Waals surface area contributed by atoms with Gasteiger partial charge in [-0.1, -0.05) is 38.1 Å². The first-order chi connectivity index (χ1) is 9.54. The molecule has 0 amide bonds. The molecule has 106 valence electrons. The Kier molecular flexibility index (Phi) is 4.67. The fraction of sp³-hybridized carbons (Fsp3) is 0.333. The van der Waals surface area contributed by atoms with Crippen LogP contribution in [-0.4, -0.2) is 10.2 Å². The van der Waals surface area contributed by atoms with Gasteiger partial charge in [0.1, 0.15) is 11.5 Å². The zero-order chi connectivity index (χ0) is 14.5. The Morgan fingerprint density at radius 1 is 0.800 bits per heavy atom. The highest BCUT2D eigenvalue weighted by Gasteiger charge is 2.11. The summed E-state index contributed by atoms with van der Waals surface area (Å²) < 4.78 is 0. The lowest BCUT2D eigenvalue weighted by molar-refractivity contribution is 0.468. The molecule has 2 nitrogen and oxygen atoms in total. The van der Waals surface area contributed by atoms with E-state index in [1.54, 1.807) is 24.3 Å². The monoisotopic (exact) mass is 270 g/mol. The second-order valence-corrected chi connectivity index (χ2v) is 5.70. The first-order valence-electron chi connectivity index (χ1n) is 7.11. The molecule has 2 aromatic rings. The number of phenols is 2. The van der Waals surface area contributed by atoms with Gasteiger partial charge in [0, 0.05) is 0 Å². The fourth-order valence-electron chi connectivity index (χ4n) is 2.66. The van der Waals surface area contributed by atoms with Gasteiger partial charge in [0.05, 0.1) is 0 Å². The van der Waals surface area contributed by atoms with Crippen LogP contribution in [0.4, 0.5) is 0 Å². The molecule has 0 aliphatic heterocycles.